The average molecular weight is 434 g/mol. The molecule has 0 aromatic carbocycles. The fourth-order valence-corrected chi connectivity index (χ4v) is 2.40. The van der Waals surface area contributed by atoms with Crippen molar-refractivity contribution in [1.82, 2.24) is 25.3 Å². The van der Waals surface area contributed by atoms with Gasteiger partial charge in [0.05, 0.1) is 17.3 Å². The summed E-state index contributed by atoms with van der Waals surface area (Å²) in [5, 5.41) is 10.6. The number of hydrogen-bond donors (Lipinski definition) is 2. The highest BCUT2D eigenvalue weighted by Crippen LogP contribution is 2.27. The Hall–Kier alpha value is -1.49. The van der Waals surface area contributed by atoms with Gasteiger partial charge in [-0.15, -0.1) is 0 Å². The van der Waals surface area contributed by atoms with Crippen molar-refractivity contribution < 1.29 is 4.52 Å². The molecule has 0 amide bonds. The lowest BCUT2D eigenvalue weighted by Gasteiger charge is -1.95. The quantitative estimate of drug-likeness (QED) is 0.603. The lowest BCUT2D eigenvalue weighted by atomic mass is 10.2. The number of nitrogens with one attached hydrogen (secondary N) is 2. The van der Waals surface area contributed by atoms with E-state index in [1.54, 1.807) is 6.20 Å². The average Bonchev–Trinajstić information content (AvgIpc) is 3.00. The van der Waals surface area contributed by atoms with Crippen molar-refractivity contribution in [3.63, 3.8) is 0 Å². The number of aromatic amines is 2. The number of pyridine rings is 1. The molecule has 0 saturated carbocycles. The van der Waals surface area contributed by atoms with Gasteiger partial charge in [-0.3, -0.25) is 9.89 Å². The van der Waals surface area contributed by atoms with Crippen LogP contribution in [0.25, 0.3) is 22.8 Å². The van der Waals surface area contributed by atoms with Crippen LogP contribution in [0.3, 0.4) is 0 Å². The summed E-state index contributed by atoms with van der Waals surface area (Å²) in [6.07, 6.45) is 3.15. The molecule has 0 atom stereocenters. The van der Waals surface area contributed by atoms with Crippen molar-refractivity contribution >= 4 is 38.5 Å². The molecule has 0 bridgehead atoms. The number of halogens is 2. The van der Waals surface area contributed by atoms with Crippen molar-refractivity contribution in [3.8, 4) is 22.8 Å². The van der Waals surface area contributed by atoms with E-state index in [0.717, 1.165) is 9.26 Å². The maximum atomic E-state index is 11.3. The smallest absolute Gasteiger partial charge is 0.259 e. The van der Waals surface area contributed by atoms with Gasteiger partial charge in [0, 0.05) is 16.7 Å². The molecule has 0 aliphatic rings. The molecular formula is C10H5BrIN5O2. The van der Waals surface area contributed by atoms with Crippen LogP contribution in [-0.2, 0) is 0 Å². The first-order valence-corrected chi connectivity index (χ1v) is 6.94. The summed E-state index contributed by atoms with van der Waals surface area (Å²) in [5.74, 6) is 0.685. The Kier molecular flexibility index (Phi) is 3.22. The summed E-state index contributed by atoms with van der Waals surface area (Å²) >= 11 is 5.41. The zero-order valence-electron chi connectivity index (χ0n) is 9.15. The molecule has 0 spiro atoms. The van der Waals surface area contributed by atoms with Crippen LogP contribution in [0.15, 0.2) is 32.3 Å². The topological polar surface area (TPSA) is 100 Å². The van der Waals surface area contributed by atoms with Gasteiger partial charge in [0.25, 0.3) is 5.89 Å². The van der Waals surface area contributed by atoms with Gasteiger partial charge < -0.3 is 9.51 Å². The van der Waals surface area contributed by atoms with Gasteiger partial charge in [0.1, 0.15) is 3.70 Å². The third kappa shape index (κ3) is 2.34. The molecule has 0 aliphatic carbocycles. The Labute approximate surface area is 128 Å². The van der Waals surface area contributed by atoms with E-state index in [1.807, 2.05) is 0 Å². The molecule has 7 nitrogen and oxygen atoms in total. The minimum absolute atomic E-state index is 0.240. The molecule has 19 heavy (non-hydrogen) atoms. The largest absolute Gasteiger partial charge is 0.334 e. The highest BCUT2D eigenvalue weighted by molar-refractivity contribution is 14.1. The minimum atomic E-state index is -0.240. The van der Waals surface area contributed by atoms with Crippen molar-refractivity contribution in [3.05, 3.63) is 37.0 Å². The van der Waals surface area contributed by atoms with Gasteiger partial charge in [-0.2, -0.15) is 10.1 Å². The Morgan fingerprint density at radius 3 is 2.95 bits per heavy atom. The van der Waals surface area contributed by atoms with Gasteiger partial charge in [-0.1, -0.05) is 5.16 Å². The first-order valence-electron chi connectivity index (χ1n) is 5.06. The monoisotopic (exact) mass is 433 g/mol. The second-order valence-corrected chi connectivity index (χ2v) is 5.51. The van der Waals surface area contributed by atoms with E-state index in [1.165, 1.54) is 12.3 Å². The Bertz CT molecular complexity index is 793. The fourth-order valence-electron chi connectivity index (χ4n) is 1.49. The summed E-state index contributed by atoms with van der Waals surface area (Å²) < 4.78 is 6.66. The molecule has 3 aromatic heterocycles. The second-order valence-electron chi connectivity index (χ2n) is 3.58. The molecule has 0 saturated heterocycles. The van der Waals surface area contributed by atoms with Crippen LogP contribution in [0.2, 0.25) is 0 Å². The molecule has 96 valence electrons. The van der Waals surface area contributed by atoms with Crippen LogP contribution >= 0.6 is 38.5 Å². The summed E-state index contributed by atoms with van der Waals surface area (Å²) in [4.78, 5) is 18.1. The van der Waals surface area contributed by atoms with E-state index in [2.05, 4.69) is 63.8 Å². The second kappa shape index (κ2) is 4.89. The molecule has 2 N–H and O–H groups in total. The molecule has 0 aliphatic heterocycles. The SMILES string of the molecule is O=c1cc(-c2nc(-c3cn[nH]c3I)no2)c(Br)c[nH]1. The van der Waals surface area contributed by atoms with Gasteiger partial charge >= 0.3 is 0 Å². The minimum Gasteiger partial charge on any atom is -0.334 e. The van der Waals surface area contributed by atoms with E-state index in [0.29, 0.717) is 15.9 Å². The number of H-pyrrole nitrogens is 2. The summed E-state index contributed by atoms with van der Waals surface area (Å²) in [7, 11) is 0. The van der Waals surface area contributed by atoms with Crippen LogP contribution < -0.4 is 5.56 Å². The first-order chi connectivity index (χ1) is 9.15. The Morgan fingerprint density at radius 2 is 2.21 bits per heavy atom. The van der Waals surface area contributed by atoms with Gasteiger partial charge in [-0.25, -0.2) is 0 Å². The molecule has 3 heterocycles. The predicted octanol–water partition coefficient (Wildman–Crippen LogP) is 2.18. The van der Waals surface area contributed by atoms with Gasteiger partial charge in [-0.05, 0) is 38.5 Å². The Balaban J connectivity index is 2.09. The zero-order chi connectivity index (χ0) is 13.4. The predicted molar refractivity (Wildman–Crippen MR) is 78.4 cm³/mol. The van der Waals surface area contributed by atoms with E-state index < -0.39 is 0 Å². The number of nitrogens with zero attached hydrogens (tertiary/aromatic N) is 3. The van der Waals surface area contributed by atoms with E-state index >= 15 is 0 Å². The molecule has 0 fully saturated rings. The van der Waals surface area contributed by atoms with Crippen LogP contribution in [0.4, 0.5) is 0 Å². The lowest BCUT2D eigenvalue weighted by Crippen LogP contribution is -2.03. The van der Waals surface area contributed by atoms with Gasteiger partial charge in [0.15, 0.2) is 0 Å². The zero-order valence-corrected chi connectivity index (χ0v) is 12.9. The number of hydrogen-bond acceptors (Lipinski definition) is 5. The number of rotatable bonds is 2. The maximum Gasteiger partial charge on any atom is 0.259 e. The third-order valence-electron chi connectivity index (χ3n) is 2.36. The summed E-state index contributed by atoms with van der Waals surface area (Å²) in [6.45, 7) is 0. The van der Waals surface area contributed by atoms with E-state index in [-0.39, 0.29) is 11.4 Å². The van der Waals surface area contributed by atoms with E-state index in [4.69, 9.17) is 4.52 Å². The third-order valence-corrected chi connectivity index (χ3v) is 3.84. The molecule has 3 aromatic rings. The fraction of sp³-hybridized carbons (Fsp3) is 0. The van der Waals surface area contributed by atoms with Crippen LogP contribution in [0.1, 0.15) is 0 Å². The summed E-state index contributed by atoms with van der Waals surface area (Å²) in [5.41, 5.74) is 1.05. The highest BCUT2D eigenvalue weighted by atomic mass is 127. The normalized spacial score (nSPS) is 10.8. The first kappa shape index (κ1) is 12.5. The molecule has 0 radical (unpaired) electrons. The van der Waals surface area contributed by atoms with Gasteiger partial charge in [0.2, 0.25) is 11.4 Å². The van der Waals surface area contributed by atoms with Crippen molar-refractivity contribution in [2.75, 3.05) is 0 Å². The summed E-state index contributed by atoms with van der Waals surface area (Å²) in [6, 6.07) is 1.39. The van der Waals surface area contributed by atoms with Crippen molar-refractivity contribution in [2.24, 2.45) is 0 Å². The number of aromatic nitrogens is 5. The molecule has 9 heteroatoms. The molecule has 3 rings (SSSR count). The lowest BCUT2D eigenvalue weighted by molar-refractivity contribution is 0.432. The highest BCUT2D eigenvalue weighted by Gasteiger charge is 2.16. The van der Waals surface area contributed by atoms with Crippen molar-refractivity contribution in [1.29, 1.82) is 0 Å². The van der Waals surface area contributed by atoms with Crippen LogP contribution in [-0.4, -0.2) is 25.3 Å². The van der Waals surface area contributed by atoms with Crippen LogP contribution in [0, 0.1) is 3.70 Å². The Morgan fingerprint density at radius 1 is 1.37 bits per heavy atom. The molecule has 0 unspecified atom stereocenters. The van der Waals surface area contributed by atoms with E-state index in [9.17, 15) is 4.79 Å². The standard InChI is InChI=1S/C10H5BrIN5O2/c11-6-3-13-7(18)1-4(6)10-15-9(17-19-10)5-2-14-16-8(5)12/h1-3H,(H,13,18)(H,14,16). The van der Waals surface area contributed by atoms with Crippen LogP contribution in [0.5, 0.6) is 0 Å². The molecular weight excluding hydrogens is 429 g/mol. The maximum absolute atomic E-state index is 11.3. The van der Waals surface area contributed by atoms with Crippen molar-refractivity contribution in [2.45, 2.75) is 0 Å².